The maximum absolute atomic E-state index is 9.81. The minimum atomic E-state index is -0.477. The fourth-order valence-corrected chi connectivity index (χ4v) is 2.49. The molecule has 0 saturated heterocycles. The lowest BCUT2D eigenvalue weighted by atomic mass is 9.88. The molecule has 1 aromatic carbocycles. The fourth-order valence-electron chi connectivity index (χ4n) is 2.49. The zero-order valence-electron chi connectivity index (χ0n) is 11.9. The van der Waals surface area contributed by atoms with Crippen LogP contribution in [0.1, 0.15) is 6.42 Å². The summed E-state index contributed by atoms with van der Waals surface area (Å²) in [6, 6.07) is 9.73. The van der Waals surface area contributed by atoms with Crippen LogP contribution in [0.3, 0.4) is 0 Å². The molecule has 3 unspecified atom stereocenters. The van der Waals surface area contributed by atoms with Crippen molar-refractivity contribution < 1.29 is 19.3 Å². The number of fused-ring (bicyclic) bond motifs is 1. The first-order valence-corrected chi connectivity index (χ1v) is 7.08. The smallest absolute Gasteiger partial charge is 0.146 e. The molecule has 0 aliphatic heterocycles. The van der Waals surface area contributed by atoms with E-state index in [1.165, 1.54) is 0 Å². The van der Waals surface area contributed by atoms with E-state index in [2.05, 4.69) is 4.98 Å². The minimum absolute atomic E-state index is 0.149. The van der Waals surface area contributed by atoms with Gasteiger partial charge in [0.1, 0.15) is 23.5 Å². The highest BCUT2D eigenvalue weighted by Crippen LogP contribution is 2.32. The van der Waals surface area contributed by atoms with Crippen molar-refractivity contribution in [2.24, 2.45) is 0 Å². The van der Waals surface area contributed by atoms with Crippen molar-refractivity contribution in [2.75, 3.05) is 20.3 Å². The maximum atomic E-state index is 9.81. The summed E-state index contributed by atoms with van der Waals surface area (Å²) in [5.41, 5.74) is 0.831. The molecule has 0 radical (unpaired) electrons. The summed E-state index contributed by atoms with van der Waals surface area (Å²) in [6.45, 7) is 0.956. The Hall–Kier alpha value is -1.69. The summed E-state index contributed by atoms with van der Waals surface area (Å²) in [5.74, 6) is 0.727. The lowest BCUT2D eigenvalue weighted by Crippen LogP contribution is -2.55. The number of hydrogen-bond donors (Lipinski definition) is 1. The van der Waals surface area contributed by atoms with Gasteiger partial charge in [-0.25, -0.2) is 0 Å². The number of hydrogen-bond acceptors (Lipinski definition) is 5. The third-order valence-electron chi connectivity index (χ3n) is 3.69. The molecular weight excluding hydrogens is 270 g/mol. The molecule has 1 heterocycles. The molecule has 0 spiro atoms. The van der Waals surface area contributed by atoms with Crippen LogP contribution in [-0.4, -0.2) is 48.7 Å². The van der Waals surface area contributed by atoms with Crippen molar-refractivity contribution in [3.8, 4) is 5.75 Å². The second-order valence-electron chi connectivity index (χ2n) is 5.12. The standard InChI is InChI=1S/C16H19NO4/c1-19-8-9-20-16-12(18)10-14(16)21-13-6-2-4-11-5-3-7-17-15(11)13/h2-7,12,14,16,18H,8-10H2,1H3. The Kier molecular flexibility index (Phi) is 4.34. The van der Waals surface area contributed by atoms with E-state index in [0.29, 0.717) is 19.6 Å². The number of aromatic nitrogens is 1. The Morgan fingerprint density at radius 1 is 1.24 bits per heavy atom. The molecule has 0 bridgehead atoms. The van der Waals surface area contributed by atoms with E-state index in [4.69, 9.17) is 14.2 Å². The molecular formula is C16H19NO4. The van der Waals surface area contributed by atoms with E-state index in [-0.39, 0.29) is 12.2 Å². The summed E-state index contributed by atoms with van der Waals surface area (Å²) < 4.78 is 16.5. The third kappa shape index (κ3) is 3.00. The zero-order chi connectivity index (χ0) is 14.7. The highest BCUT2D eigenvalue weighted by Gasteiger charge is 2.43. The Balaban J connectivity index is 1.70. The Morgan fingerprint density at radius 2 is 2.10 bits per heavy atom. The third-order valence-corrected chi connectivity index (χ3v) is 3.69. The van der Waals surface area contributed by atoms with Gasteiger partial charge in [-0.05, 0) is 12.1 Å². The van der Waals surface area contributed by atoms with Gasteiger partial charge in [0.25, 0.3) is 0 Å². The second-order valence-corrected chi connectivity index (χ2v) is 5.12. The van der Waals surface area contributed by atoms with Crippen LogP contribution in [0.4, 0.5) is 0 Å². The highest BCUT2D eigenvalue weighted by molar-refractivity contribution is 5.84. The van der Waals surface area contributed by atoms with E-state index in [1.54, 1.807) is 13.3 Å². The number of para-hydroxylation sites is 1. The number of pyridine rings is 1. The summed E-state index contributed by atoms with van der Waals surface area (Å²) in [4.78, 5) is 4.36. The van der Waals surface area contributed by atoms with E-state index in [1.807, 2.05) is 30.3 Å². The predicted molar refractivity (Wildman–Crippen MR) is 78.4 cm³/mol. The monoisotopic (exact) mass is 289 g/mol. The van der Waals surface area contributed by atoms with Gasteiger partial charge in [-0.1, -0.05) is 18.2 Å². The van der Waals surface area contributed by atoms with E-state index in [9.17, 15) is 5.11 Å². The summed E-state index contributed by atoms with van der Waals surface area (Å²) in [5, 5.41) is 10.8. The molecule has 1 aliphatic carbocycles. The van der Waals surface area contributed by atoms with Gasteiger partial charge in [0.15, 0.2) is 0 Å². The first-order chi connectivity index (χ1) is 10.3. The van der Waals surface area contributed by atoms with Crippen LogP contribution >= 0.6 is 0 Å². The molecule has 1 N–H and O–H groups in total. The van der Waals surface area contributed by atoms with Gasteiger partial charge in [0.05, 0.1) is 19.3 Å². The number of methoxy groups -OCH3 is 1. The van der Waals surface area contributed by atoms with Crippen LogP contribution in [0, 0.1) is 0 Å². The van der Waals surface area contributed by atoms with Crippen molar-refractivity contribution >= 4 is 10.9 Å². The lowest BCUT2D eigenvalue weighted by molar-refractivity contribution is -0.166. The number of nitrogens with zero attached hydrogens (tertiary/aromatic N) is 1. The van der Waals surface area contributed by atoms with Crippen LogP contribution in [-0.2, 0) is 9.47 Å². The van der Waals surface area contributed by atoms with Gasteiger partial charge >= 0.3 is 0 Å². The zero-order valence-corrected chi connectivity index (χ0v) is 11.9. The molecule has 1 fully saturated rings. The van der Waals surface area contributed by atoms with Crippen LogP contribution in [0.25, 0.3) is 10.9 Å². The predicted octanol–water partition coefficient (Wildman–Crippen LogP) is 1.78. The molecule has 2 aromatic rings. The number of benzene rings is 1. The van der Waals surface area contributed by atoms with Crippen molar-refractivity contribution in [3.05, 3.63) is 36.5 Å². The number of ether oxygens (including phenoxy) is 3. The average Bonchev–Trinajstić information content (AvgIpc) is 2.51. The topological polar surface area (TPSA) is 60.8 Å². The van der Waals surface area contributed by atoms with Gasteiger partial charge < -0.3 is 19.3 Å². The SMILES string of the molecule is COCCOC1C(O)CC1Oc1cccc2cccnc12. The molecule has 1 aromatic heterocycles. The summed E-state index contributed by atoms with van der Waals surface area (Å²) in [6.07, 6.45) is 1.39. The van der Waals surface area contributed by atoms with E-state index in [0.717, 1.165) is 16.7 Å². The van der Waals surface area contributed by atoms with Crippen LogP contribution in [0.5, 0.6) is 5.75 Å². The van der Waals surface area contributed by atoms with Crippen molar-refractivity contribution in [1.29, 1.82) is 0 Å². The van der Waals surface area contributed by atoms with Gasteiger partial charge in [-0.2, -0.15) is 0 Å². The first kappa shape index (κ1) is 14.3. The molecule has 5 heteroatoms. The second kappa shape index (κ2) is 6.39. The highest BCUT2D eigenvalue weighted by atomic mass is 16.6. The molecule has 3 atom stereocenters. The van der Waals surface area contributed by atoms with Crippen molar-refractivity contribution in [2.45, 2.75) is 24.7 Å². The molecule has 0 amide bonds. The number of aliphatic hydroxyl groups excluding tert-OH is 1. The van der Waals surface area contributed by atoms with Gasteiger partial charge in [-0.3, -0.25) is 4.98 Å². The van der Waals surface area contributed by atoms with E-state index < -0.39 is 6.10 Å². The molecule has 21 heavy (non-hydrogen) atoms. The Labute approximate surface area is 123 Å². The van der Waals surface area contributed by atoms with Gasteiger partial charge in [0.2, 0.25) is 0 Å². The normalized spacial score (nSPS) is 24.8. The maximum Gasteiger partial charge on any atom is 0.146 e. The van der Waals surface area contributed by atoms with Gasteiger partial charge in [0, 0.05) is 25.1 Å². The molecule has 112 valence electrons. The van der Waals surface area contributed by atoms with Crippen molar-refractivity contribution in [1.82, 2.24) is 4.98 Å². The molecule has 1 aliphatic rings. The number of aliphatic hydroxyl groups is 1. The van der Waals surface area contributed by atoms with Crippen molar-refractivity contribution in [3.63, 3.8) is 0 Å². The Bertz CT molecular complexity index is 598. The van der Waals surface area contributed by atoms with Crippen LogP contribution < -0.4 is 4.74 Å². The fraction of sp³-hybridized carbons (Fsp3) is 0.438. The molecule has 5 nitrogen and oxygen atoms in total. The quantitative estimate of drug-likeness (QED) is 0.821. The van der Waals surface area contributed by atoms with Crippen LogP contribution in [0.15, 0.2) is 36.5 Å². The van der Waals surface area contributed by atoms with Crippen LogP contribution in [0.2, 0.25) is 0 Å². The summed E-state index contributed by atoms with van der Waals surface area (Å²) >= 11 is 0. The van der Waals surface area contributed by atoms with E-state index >= 15 is 0 Å². The largest absolute Gasteiger partial charge is 0.485 e. The summed E-state index contributed by atoms with van der Waals surface area (Å²) in [7, 11) is 1.62. The minimum Gasteiger partial charge on any atom is -0.485 e. The average molecular weight is 289 g/mol. The number of rotatable bonds is 6. The molecule has 1 saturated carbocycles. The lowest BCUT2D eigenvalue weighted by Gasteiger charge is -2.40. The van der Waals surface area contributed by atoms with Gasteiger partial charge in [-0.15, -0.1) is 0 Å². The molecule has 3 rings (SSSR count). The Morgan fingerprint density at radius 3 is 2.90 bits per heavy atom. The first-order valence-electron chi connectivity index (χ1n) is 7.08.